The molecule has 0 radical (unpaired) electrons. The molecular weight excluding hydrogens is 441 g/mol. The van der Waals surface area contributed by atoms with Crippen molar-refractivity contribution in [2.24, 2.45) is 4.99 Å². The number of nitrogens with zero attached hydrogens (tertiary/aromatic N) is 1. The number of halogens is 2. The maximum absolute atomic E-state index is 5.89. The highest BCUT2D eigenvalue weighted by molar-refractivity contribution is 14.0. The maximum Gasteiger partial charge on any atom is 0.191 e. The standard InChI is InChI=1S/C17H26ClN3O2.HI/c1-2-19-17(21-12-14-5-7-15(18)8-6-14)20-9-11-22-13-16-4-3-10-23-16;/h5-8,16H,2-4,9-13H2,1H3,(H2,19,20,21);1H. The second kappa shape index (κ2) is 12.7. The van der Waals surface area contributed by atoms with Crippen LogP contribution in [-0.4, -0.2) is 45.0 Å². The van der Waals surface area contributed by atoms with Gasteiger partial charge in [-0.15, -0.1) is 24.0 Å². The second-order valence-corrected chi connectivity index (χ2v) is 5.89. The molecule has 1 fully saturated rings. The number of hydrogen-bond acceptors (Lipinski definition) is 3. The molecule has 136 valence electrons. The van der Waals surface area contributed by atoms with E-state index in [1.807, 2.05) is 31.2 Å². The molecule has 1 saturated heterocycles. The van der Waals surface area contributed by atoms with E-state index in [1.165, 1.54) is 0 Å². The Labute approximate surface area is 166 Å². The van der Waals surface area contributed by atoms with Gasteiger partial charge < -0.3 is 20.1 Å². The van der Waals surface area contributed by atoms with Crippen molar-refractivity contribution < 1.29 is 9.47 Å². The van der Waals surface area contributed by atoms with E-state index in [1.54, 1.807) is 0 Å². The van der Waals surface area contributed by atoms with E-state index in [9.17, 15) is 0 Å². The molecule has 0 bridgehead atoms. The van der Waals surface area contributed by atoms with Gasteiger partial charge in [-0.1, -0.05) is 23.7 Å². The Morgan fingerprint density at radius 1 is 1.33 bits per heavy atom. The van der Waals surface area contributed by atoms with E-state index in [-0.39, 0.29) is 30.1 Å². The van der Waals surface area contributed by atoms with Crippen LogP contribution in [0.15, 0.2) is 29.3 Å². The van der Waals surface area contributed by atoms with Gasteiger partial charge in [-0.3, -0.25) is 0 Å². The molecule has 0 saturated carbocycles. The Hall–Kier alpha value is -0.570. The highest BCUT2D eigenvalue weighted by atomic mass is 127. The van der Waals surface area contributed by atoms with E-state index in [0.29, 0.717) is 19.8 Å². The van der Waals surface area contributed by atoms with Crippen molar-refractivity contribution in [3.8, 4) is 0 Å². The number of rotatable bonds is 8. The first-order valence-electron chi connectivity index (χ1n) is 8.24. The van der Waals surface area contributed by atoms with Gasteiger partial charge in [0.05, 0.1) is 25.9 Å². The average molecular weight is 468 g/mol. The molecule has 1 heterocycles. The van der Waals surface area contributed by atoms with Crippen molar-refractivity contribution in [2.45, 2.75) is 32.4 Å². The van der Waals surface area contributed by atoms with Crippen LogP contribution >= 0.6 is 35.6 Å². The molecule has 2 N–H and O–H groups in total. The van der Waals surface area contributed by atoms with Crippen LogP contribution in [0.4, 0.5) is 0 Å². The van der Waals surface area contributed by atoms with Crippen molar-refractivity contribution in [3.05, 3.63) is 34.9 Å². The molecule has 1 aliphatic heterocycles. The van der Waals surface area contributed by atoms with E-state index >= 15 is 0 Å². The zero-order chi connectivity index (χ0) is 16.3. The van der Waals surface area contributed by atoms with Crippen LogP contribution in [0.25, 0.3) is 0 Å². The molecule has 24 heavy (non-hydrogen) atoms. The monoisotopic (exact) mass is 467 g/mol. The van der Waals surface area contributed by atoms with Gasteiger partial charge in [0.1, 0.15) is 0 Å². The first-order valence-corrected chi connectivity index (χ1v) is 8.61. The lowest BCUT2D eigenvalue weighted by Crippen LogP contribution is -2.39. The first kappa shape index (κ1) is 21.5. The summed E-state index contributed by atoms with van der Waals surface area (Å²) in [6, 6.07) is 7.73. The Morgan fingerprint density at radius 3 is 2.79 bits per heavy atom. The molecule has 1 atom stereocenters. The molecule has 0 aromatic heterocycles. The summed E-state index contributed by atoms with van der Waals surface area (Å²) < 4.78 is 11.2. The summed E-state index contributed by atoms with van der Waals surface area (Å²) in [7, 11) is 0. The summed E-state index contributed by atoms with van der Waals surface area (Å²) in [6.45, 7) is 6.40. The van der Waals surface area contributed by atoms with Gasteiger partial charge in [0, 0.05) is 24.7 Å². The number of nitrogens with one attached hydrogen (secondary N) is 2. The summed E-state index contributed by atoms with van der Waals surface area (Å²) >= 11 is 5.89. The Bertz CT molecular complexity index is 479. The number of hydrogen-bond donors (Lipinski definition) is 2. The zero-order valence-corrected chi connectivity index (χ0v) is 17.2. The summed E-state index contributed by atoms with van der Waals surface area (Å²) in [5.74, 6) is 0.795. The Balaban J connectivity index is 0.00000288. The first-order chi connectivity index (χ1) is 11.3. The highest BCUT2D eigenvalue weighted by Crippen LogP contribution is 2.11. The van der Waals surface area contributed by atoms with E-state index in [4.69, 9.17) is 21.1 Å². The lowest BCUT2D eigenvalue weighted by molar-refractivity contribution is 0.0191. The minimum atomic E-state index is 0. The third-order valence-electron chi connectivity index (χ3n) is 3.54. The molecule has 1 aromatic rings. The molecule has 0 spiro atoms. The lowest BCUT2D eigenvalue weighted by atomic mass is 10.2. The van der Waals surface area contributed by atoms with Gasteiger partial charge in [0.2, 0.25) is 0 Å². The van der Waals surface area contributed by atoms with Gasteiger partial charge in [-0.05, 0) is 37.5 Å². The summed E-state index contributed by atoms with van der Waals surface area (Å²) in [5, 5.41) is 7.25. The molecule has 2 rings (SSSR count). The molecular formula is C17H27ClIN3O2. The molecule has 1 aliphatic rings. The average Bonchev–Trinajstić information content (AvgIpc) is 3.07. The normalized spacial score (nSPS) is 17.4. The lowest BCUT2D eigenvalue weighted by Gasteiger charge is -2.13. The summed E-state index contributed by atoms with van der Waals surface area (Å²) in [6.07, 6.45) is 2.54. The Kier molecular flexibility index (Phi) is 11.4. The number of aliphatic imine (C=N–C) groups is 1. The van der Waals surface area contributed by atoms with Crippen molar-refractivity contribution in [1.29, 1.82) is 0 Å². The molecule has 0 amide bonds. The van der Waals surface area contributed by atoms with Gasteiger partial charge >= 0.3 is 0 Å². The van der Waals surface area contributed by atoms with Crippen molar-refractivity contribution in [1.82, 2.24) is 10.6 Å². The van der Waals surface area contributed by atoms with Gasteiger partial charge in [0.15, 0.2) is 5.96 Å². The second-order valence-electron chi connectivity index (χ2n) is 5.46. The highest BCUT2D eigenvalue weighted by Gasteiger charge is 2.14. The summed E-state index contributed by atoms with van der Waals surface area (Å²) in [4.78, 5) is 4.56. The SMILES string of the molecule is CCNC(=NCc1ccc(Cl)cc1)NCCOCC1CCCO1.I. The van der Waals surface area contributed by atoms with Crippen molar-refractivity contribution in [3.63, 3.8) is 0 Å². The zero-order valence-electron chi connectivity index (χ0n) is 14.1. The number of benzene rings is 1. The van der Waals surface area contributed by atoms with Crippen LogP contribution in [-0.2, 0) is 16.0 Å². The van der Waals surface area contributed by atoms with Crippen molar-refractivity contribution >= 4 is 41.5 Å². The van der Waals surface area contributed by atoms with E-state index in [2.05, 4.69) is 15.6 Å². The topological polar surface area (TPSA) is 54.9 Å². The van der Waals surface area contributed by atoms with Crippen LogP contribution in [0.1, 0.15) is 25.3 Å². The molecule has 1 aromatic carbocycles. The van der Waals surface area contributed by atoms with E-state index in [0.717, 1.165) is 49.1 Å². The Morgan fingerprint density at radius 2 is 2.12 bits per heavy atom. The predicted molar refractivity (Wildman–Crippen MR) is 109 cm³/mol. The van der Waals surface area contributed by atoms with Gasteiger partial charge in [0.25, 0.3) is 0 Å². The molecule has 5 nitrogen and oxygen atoms in total. The number of ether oxygens (including phenoxy) is 2. The van der Waals surface area contributed by atoms with Crippen LogP contribution in [0.3, 0.4) is 0 Å². The minimum absolute atomic E-state index is 0. The predicted octanol–water partition coefficient (Wildman–Crippen LogP) is 3.21. The summed E-state index contributed by atoms with van der Waals surface area (Å²) in [5.41, 5.74) is 1.13. The van der Waals surface area contributed by atoms with Crippen LogP contribution in [0.2, 0.25) is 5.02 Å². The fourth-order valence-corrected chi connectivity index (χ4v) is 2.46. The van der Waals surface area contributed by atoms with Gasteiger partial charge in [-0.25, -0.2) is 4.99 Å². The fourth-order valence-electron chi connectivity index (χ4n) is 2.33. The maximum atomic E-state index is 5.89. The van der Waals surface area contributed by atoms with Crippen LogP contribution in [0, 0.1) is 0 Å². The van der Waals surface area contributed by atoms with E-state index < -0.39 is 0 Å². The smallest absolute Gasteiger partial charge is 0.191 e. The quantitative estimate of drug-likeness (QED) is 0.267. The molecule has 7 heteroatoms. The van der Waals surface area contributed by atoms with Crippen molar-refractivity contribution in [2.75, 3.05) is 32.9 Å². The molecule has 0 aliphatic carbocycles. The third-order valence-corrected chi connectivity index (χ3v) is 3.80. The number of guanidine groups is 1. The molecule has 1 unspecified atom stereocenters. The minimum Gasteiger partial charge on any atom is -0.377 e. The fraction of sp³-hybridized carbons (Fsp3) is 0.588. The largest absolute Gasteiger partial charge is 0.377 e. The van der Waals surface area contributed by atoms with Crippen LogP contribution in [0.5, 0.6) is 0 Å². The van der Waals surface area contributed by atoms with Crippen LogP contribution < -0.4 is 10.6 Å². The third kappa shape index (κ3) is 8.50. The van der Waals surface area contributed by atoms with Gasteiger partial charge in [-0.2, -0.15) is 0 Å².